The molecule has 1 saturated carbocycles. The smallest absolute Gasteiger partial charge is 0.231 e. The fourth-order valence-corrected chi connectivity index (χ4v) is 4.67. The summed E-state index contributed by atoms with van der Waals surface area (Å²) in [5.41, 5.74) is -0.379. The Balaban J connectivity index is 1.55. The fraction of sp³-hybridized carbons (Fsp3) is 0.895. The van der Waals surface area contributed by atoms with Crippen molar-refractivity contribution in [2.45, 2.75) is 44.9 Å². The number of hydrogen-bond acceptors (Lipinski definition) is 4. The first-order valence-electron chi connectivity index (χ1n) is 9.94. The molecule has 3 aliphatic rings. The molecule has 0 spiro atoms. The van der Waals surface area contributed by atoms with Crippen LogP contribution in [0.3, 0.4) is 0 Å². The molecule has 3 rings (SSSR count). The molecule has 6 nitrogen and oxygen atoms in total. The topological polar surface area (TPSA) is 61.9 Å². The molecule has 0 bridgehead atoms. The van der Waals surface area contributed by atoms with Crippen LogP contribution in [0.25, 0.3) is 0 Å². The molecule has 0 atom stereocenters. The number of carbonyl (C=O) groups excluding carboxylic acids is 2. The summed E-state index contributed by atoms with van der Waals surface area (Å²) in [5, 5.41) is 3.33. The van der Waals surface area contributed by atoms with Crippen LogP contribution in [0.4, 0.5) is 0 Å². The summed E-state index contributed by atoms with van der Waals surface area (Å²) >= 11 is 0. The molecule has 1 aliphatic carbocycles. The van der Waals surface area contributed by atoms with Crippen LogP contribution in [0, 0.1) is 11.3 Å². The number of ether oxygens (including phenoxy) is 1. The van der Waals surface area contributed by atoms with Crippen molar-refractivity contribution in [1.82, 2.24) is 15.1 Å². The van der Waals surface area contributed by atoms with Crippen LogP contribution in [-0.2, 0) is 14.3 Å². The fourth-order valence-electron chi connectivity index (χ4n) is 4.67. The Morgan fingerprint density at radius 1 is 1.00 bits per heavy atom. The lowest BCUT2D eigenvalue weighted by molar-refractivity contribution is -0.152. The van der Waals surface area contributed by atoms with Crippen molar-refractivity contribution in [3.63, 3.8) is 0 Å². The van der Waals surface area contributed by atoms with Gasteiger partial charge in [0.05, 0.1) is 12.0 Å². The van der Waals surface area contributed by atoms with Crippen LogP contribution in [0.5, 0.6) is 0 Å². The lowest BCUT2D eigenvalue weighted by Crippen LogP contribution is -2.57. The van der Waals surface area contributed by atoms with Gasteiger partial charge in [-0.05, 0) is 38.8 Å². The Kier molecular flexibility index (Phi) is 6.34. The first-order chi connectivity index (χ1) is 12.2. The number of nitrogens with zero attached hydrogens (tertiary/aromatic N) is 2. The summed E-state index contributed by atoms with van der Waals surface area (Å²) < 4.78 is 5.40. The molecule has 6 heteroatoms. The van der Waals surface area contributed by atoms with Crippen molar-refractivity contribution in [2.24, 2.45) is 11.3 Å². The average Bonchev–Trinajstić information content (AvgIpc) is 2.68. The van der Waals surface area contributed by atoms with Gasteiger partial charge in [-0.3, -0.25) is 9.59 Å². The lowest BCUT2D eigenvalue weighted by Gasteiger charge is -2.43. The number of methoxy groups -OCH3 is 1. The molecule has 0 aromatic carbocycles. The molecular weight excluding hydrogens is 318 g/mol. The van der Waals surface area contributed by atoms with E-state index in [1.165, 1.54) is 19.3 Å². The van der Waals surface area contributed by atoms with E-state index in [9.17, 15) is 9.59 Å². The molecule has 0 aromatic heterocycles. The van der Waals surface area contributed by atoms with Gasteiger partial charge in [-0.1, -0.05) is 19.3 Å². The third kappa shape index (κ3) is 4.17. The zero-order chi connectivity index (χ0) is 17.7. The van der Waals surface area contributed by atoms with Crippen LogP contribution in [0.15, 0.2) is 0 Å². The normalized spacial score (nSPS) is 25.0. The van der Waals surface area contributed by atoms with Crippen molar-refractivity contribution < 1.29 is 14.3 Å². The highest BCUT2D eigenvalue weighted by atomic mass is 16.5. The molecule has 25 heavy (non-hydrogen) atoms. The Bertz CT molecular complexity index is 457. The van der Waals surface area contributed by atoms with E-state index in [1.54, 1.807) is 7.11 Å². The van der Waals surface area contributed by atoms with E-state index in [1.807, 2.05) is 9.80 Å². The van der Waals surface area contributed by atoms with Gasteiger partial charge in [-0.2, -0.15) is 0 Å². The summed E-state index contributed by atoms with van der Waals surface area (Å²) in [4.78, 5) is 29.8. The quantitative estimate of drug-likeness (QED) is 0.828. The molecule has 2 amide bonds. The second-order valence-corrected chi connectivity index (χ2v) is 7.92. The number of piperazine rings is 1. The van der Waals surface area contributed by atoms with Gasteiger partial charge in [0.25, 0.3) is 0 Å². The molecular formula is C19H33N3O3. The summed E-state index contributed by atoms with van der Waals surface area (Å²) in [6.45, 7) is 4.93. The van der Waals surface area contributed by atoms with Crippen LogP contribution in [-0.4, -0.2) is 74.6 Å². The standard InChI is InChI=1S/C19H33N3O3/c1-25-15-19(7-9-20-10-8-19)18(24)22-13-11-21(12-14-22)17(23)16-5-3-2-4-6-16/h16,20H,2-15H2,1H3. The van der Waals surface area contributed by atoms with Crippen molar-refractivity contribution >= 4 is 11.8 Å². The van der Waals surface area contributed by atoms with E-state index in [-0.39, 0.29) is 17.2 Å². The molecule has 142 valence electrons. The largest absolute Gasteiger partial charge is 0.384 e. The molecule has 2 aliphatic heterocycles. The minimum Gasteiger partial charge on any atom is -0.384 e. The van der Waals surface area contributed by atoms with Gasteiger partial charge in [0.1, 0.15) is 0 Å². The second kappa shape index (κ2) is 8.49. The van der Waals surface area contributed by atoms with E-state index in [0.29, 0.717) is 38.7 Å². The summed E-state index contributed by atoms with van der Waals surface area (Å²) in [6, 6.07) is 0. The zero-order valence-electron chi connectivity index (χ0n) is 15.6. The van der Waals surface area contributed by atoms with Crippen molar-refractivity contribution in [1.29, 1.82) is 0 Å². The summed E-state index contributed by atoms with van der Waals surface area (Å²) in [5.74, 6) is 0.765. The van der Waals surface area contributed by atoms with Gasteiger partial charge in [-0.25, -0.2) is 0 Å². The lowest BCUT2D eigenvalue weighted by atomic mass is 9.78. The number of piperidine rings is 1. The number of rotatable bonds is 4. The first kappa shape index (κ1) is 18.6. The second-order valence-electron chi connectivity index (χ2n) is 7.92. The highest BCUT2D eigenvalue weighted by Crippen LogP contribution is 2.32. The molecule has 0 unspecified atom stereocenters. The molecule has 0 radical (unpaired) electrons. The highest BCUT2D eigenvalue weighted by Gasteiger charge is 2.43. The zero-order valence-corrected chi connectivity index (χ0v) is 15.6. The summed E-state index contributed by atoms with van der Waals surface area (Å²) in [6.07, 6.45) is 7.39. The van der Waals surface area contributed by atoms with Crippen LogP contribution in [0.1, 0.15) is 44.9 Å². The Hall–Kier alpha value is -1.14. The predicted molar refractivity (Wildman–Crippen MR) is 96.1 cm³/mol. The SMILES string of the molecule is COCC1(C(=O)N2CCN(C(=O)C3CCCCC3)CC2)CCNCC1. The van der Waals surface area contributed by atoms with Crippen LogP contribution >= 0.6 is 0 Å². The van der Waals surface area contributed by atoms with Gasteiger partial charge in [0, 0.05) is 39.2 Å². The molecule has 2 saturated heterocycles. The number of carbonyl (C=O) groups is 2. The van der Waals surface area contributed by atoms with E-state index >= 15 is 0 Å². The van der Waals surface area contributed by atoms with Crippen LogP contribution < -0.4 is 5.32 Å². The maximum atomic E-state index is 13.2. The van der Waals surface area contributed by atoms with E-state index < -0.39 is 0 Å². The van der Waals surface area contributed by atoms with E-state index in [2.05, 4.69) is 5.32 Å². The monoisotopic (exact) mass is 351 g/mol. The van der Waals surface area contributed by atoms with Crippen molar-refractivity contribution in [3.05, 3.63) is 0 Å². The van der Waals surface area contributed by atoms with Crippen LogP contribution in [0.2, 0.25) is 0 Å². The highest BCUT2D eigenvalue weighted by molar-refractivity contribution is 5.84. The number of hydrogen-bond donors (Lipinski definition) is 1. The van der Waals surface area contributed by atoms with E-state index in [4.69, 9.17) is 4.74 Å². The Morgan fingerprint density at radius 2 is 1.60 bits per heavy atom. The van der Waals surface area contributed by atoms with Gasteiger partial charge < -0.3 is 19.9 Å². The minimum absolute atomic E-state index is 0.222. The van der Waals surface area contributed by atoms with Gasteiger partial charge >= 0.3 is 0 Å². The van der Waals surface area contributed by atoms with E-state index in [0.717, 1.165) is 38.8 Å². The molecule has 2 heterocycles. The third-order valence-electron chi connectivity index (χ3n) is 6.27. The van der Waals surface area contributed by atoms with Crippen molar-refractivity contribution in [3.8, 4) is 0 Å². The van der Waals surface area contributed by atoms with Gasteiger partial charge in [-0.15, -0.1) is 0 Å². The maximum Gasteiger partial charge on any atom is 0.231 e. The number of amides is 2. The summed E-state index contributed by atoms with van der Waals surface area (Å²) in [7, 11) is 1.68. The maximum absolute atomic E-state index is 13.2. The Labute approximate surface area is 151 Å². The predicted octanol–water partition coefficient (Wildman–Crippen LogP) is 1.25. The number of nitrogens with one attached hydrogen (secondary N) is 1. The van der Waals surface area contributed by atoms with Crippen molar-refractivity contribution in [2.75, 3.05) is 53.0 Å². The average molecular weight is 351 g/mol. The van der Waals surface area contributed by atoms with Gasteiger partial charge in [0.2, 0.25) is 11.8 Å². The third-order valence-corrected chi connectivity index (χ3v) is 6.27. The molecule has 3 fully saturated rings. The Morgan fingerprint density at radius 3 is 2.20 bits per heavy atom. The molecule has 1 N–H and O–H groups in total. The minimum atomic E-state index is -0.379. The first-order valence-corrected chi connectivity index (χ1v) is 9.94. The van der Waals surface area contributed by atoms with Gasteiger partial charge in [0.15, 0.2) is 0 Å². The molecule has 0 aromatic rings.